The molecule has 1 heterocycles. The number of aromatic amines is 1. The summed E-state index contributed by atoms with van der Waals surface area (Å²) in [6.07, 6.45) is 7.79. The van der Waals surface area contributed by atoms with E-state index < -0.39 is 0 Å². The first-order valence-electron chi connectivity index (χ1n) is 7.58. The van der Waals surface area contributed by atoms with Crippen molar-refractivity contribution in [1.82, 2.24) is 10.2 Å². The molecule has 1 N–H and O–H groups in total. The molecule has 0 saturated carbocycles. The summed E-state index contributed by atoms with van der Waals surface area (Å²) in [6.45, 7) is 7.19. The van der Waals surface area contributed by atoms with E-state index in [2.05, 4.69) is 23.4 Å². The molecule has 0 saturated heterocycles. The molecule has 0 aliphatic rings. The monoisotopic (exact) mass is 336 g/mol. The third-order valence-electron chi connectivity index (χ3n) is 3.49. The van der Waals surface area contributed by atoms with Gasteiger partial charge in [0.05, 0.1) is 25.6 Å². The van der Waals surface area contributed by atoms with Gasteiger partial charge in [-0.25, -0.2) is 0 Å². The lowest BCUT2D eigenvalue weighted by Crippen LogP contribution is -1.94. The van der Waals surface area contributed by atoms with Crippen molar-refractivity contribution in [3.05, 3.63) is 73.0 Å². The van der Waals surface area contributed by atoms with Gasteiger partial charge in [-0.05, 0) is 36.4 Å². The average Bonchev–Trinajstić information content (AvgIpc) is 3.12. The topological polar surface area (TPSA) is 64.2 Å². The Bertz CT molecular complexity index is 844. The number of rotatable bonds is 8. The molecule has 5 heteroatoms. The van der Waals surface area contributed by atoms with Crippen molar-refractivity contribution in [1.29, 1.82) is 0 Å². The van der Waals surface area contributed by atoms with Crippen LogP contribution in [0.5, 0.6) is 11.5 Å². The summed E-state index contributed by atoms with van der Waals surface area (Å²) in [5.41, 5.74) is 2.79. The van der Waals surface area contributed by atoms with E-state index in [-0.39, 0.29) is 5.78 Å². The first kappa shape index (κ1) is 18.0. The summed E-state index contributed by atoms with van der Waals surface area (Å²) in [6, 6.07) is 7.39. The van der Waals surface area contributed by atoms with Crippen LogP contribution in [0.25, 0.3) is 17.3 Å². The molecular weight excluding hydrogens is 316 g/mol. The predicted molar refractivity (Wildman–Crippen MR) is 99.6 cm³/mol. The van der Waals surface area contributed by atoms with E-state index in [0.29, 0.717) is 22.8 Å². The van der Waals surface area contributed by atoms with E-state index in [1.165, 1.54) is 12.2 Å². The van der Waals surface area contributed by atoms with Gasteiger partial charge in [0.1, 0.15) is 0 Å². The summed E-state index contributed by atoms with van der Waals surface area (Å²) in [5, 5.41) is 7.15. The van der Waals surface area contributed by atoms with Crippen LogP contribution in [0.1, 0.15) is 5.69 Å². The summed E-state index contributed by atoms with van der Waals surface area (Å²) in [4.78, 5) is 12.0. The number of ketones is 1. The fourth-order valence-electron chi connectivity index (χ4n) is 2.20. The van der Waals surface area contributed by atoms with E-state index in [4.69, 9.17) is 9.47 Å². The highest BCUT2D eigenvalue weighted by Crippen LogP contribution is 2.31. The van der Waals surface area contributed by atoms with Crippen LogP contribution in [0.15, 0.2) is 67.3 Å². The molecule has 5 nitrogen and oxygen atoms in total. The van der Waals surface area contributed by atoms with Crippen molar-refractivity contribution in [3.8, 4) is 22.8 Å². The van der Waals surface area contributed by atoms with Crippen LogP contribution in [0, 0.1) is 0 Å². The van der Waals surface area contributed by atoms with Gasteiger partial charge in [0, 0.05) is 11.1 Å². The number of aromatic nitrogens is 2. The molecule has 0 spiro atoms. The van der Waals surface area contributed by atoms with Gasteiger partial charge >= 0.3 is 0 Å². The molecule has 0 unspecified atom stereocenters. The molecule has 2 rings (SSSR count). The highest BCUT2D eigenvalue weighted by atomic mass is 16.5. The number of benzene rings is 1. The second-order valence-electron chi connectivity index (χ2n) is 5.04. The van der Waals surface area contributed by atoms with Crippen molar-refractivity contribution in [2.24, 2.45) is 0 Å². The lowest BCUT2D eigenvalue weighted by molar-refractivity contribution is -0.111. The molecule has 0 radical (unpaired) electrons. The molecule has 25 heavy (non-hydrogen) atoms. The lowest BCUT2D eigenvalue weighted by atomic mass is 10.1. The van der Waals surface area contributed by atoms with Crippen molar-refractivity contribution in [2.75, 3.05) is 14.2 Å². The maximum atomic E-state index is 12.0. The molecule has 128 valence electrons. The minimum Gasteiger partial charge on any atom is -0.493 e. The fraction of sp³-hybridized carbons (Fsp3) is 0.100. The zero-order chi connectivity index (χ0) is 18.2. The van der Waals surface area contributed by atoms with Gasteiger partial charge in [0.15, 0.2) is 17.3 Å². The summed E-state index contributed by atoms with van der Waals surface area (Å²) in [5.74, 6) is 1.12. The molecule has 0 aliphatic carbocycles. The van der Waals surface area contributed by atoms with Crippen LogP contribution in [-0.2, 0) is 4.79 Å². The zero-order valence-electron chi connectivity index (χ0n) is 14.3. The number of methoxy groups -OCH3 is 2. The van der Waals surface area contributed by atoms with E-state index in [1.807, 2.05) is 24.3 Å². The smallest absolute Gasteiger partial charge is 0.185 e. The van der Waals surface area contributed by atoms with Crippen molar-refractivity contribution in [3.63, 3.8) is 0 Å². The zero-order valence-corrected chi connectivity index (χ0v) is 14.3. The number of H-pyrrole nitrogens is 1. The summed E-state index contributed by atoms with van der Waals surface area (Å²) < 4.78 is 10.5. The van der Waals surface area contributed by atoms with Gasteiger partial charge in [0.25, 0.3) is 0 Å². The van der Waals surface area contributed by atoms with Gasteiger partial charge in [-0.1, -0.05) is 31.4 Å². The third-order valence-corrected chi connectivity index (χ3v) is 3.49. The van der Waals surface area contributed by atoms with Crippen molar-refractivity contribution >= 4 is 11.9 Å². The highest BCUT2D eigenvalue weighted by Gasteiger charge is 2.09. The number of nitrogens with one attached hydrogen (secondary N) is 1. The molecule has 0 bridgehead atoms. The number of carbonyl (C=O) groups excluding carboxylic acids is 1. The number of nitrogens with zero attached hydrogens (tertiary/aromatic N) is 1. The van der Waals surface area contributed by atoms with E-state index >= 15 is 0 Å². The Kier molecular flexibility index (Phi) is 6.12. The maximum Gasteiger partial charge on any atom is 0.185 e. The SMILES string of the molecule is C=C/C=C(\C=C)C(=O)/C=C/c1cc(-c2ccc(OC)c(OC)c2)n[nH]1. The third kappa shape index (κ3) is 4.35. The highest BCUT2D eigenvalue weighted by molar-refractivity contribution is 6.08. The quantitative estimate of drug-likeness (QED) is 0.585. The Morgan fingerprint density at radius 2 is 1.92 bits per heavy atom. The predicted octanol–water partition coefficient (Wildman–Crippen LogP) is 3.97. The molecule has 0 aliphatic heterocycles. The number of ether oxygens (including phenoxy) is 2. The number of hydrogen-bond acceptors (Lipinski definition) is 4. The van der Waals surface area contributed by atoms with Crippen LogP contribution in [0.3, 0.4) is 0 Å². The second kappa shape index (κ2) is 8.49. The molecule has 1 aromatic carbocycles. The number of hydrogen-bond donors (Lipinski definition) is 1. The second-order valence-corrected chi connectivity index (χ2v) is 5.04. The Balaban J connectivity index is 2.21. The molecule has 1 aromatic heterocycles. The van der Waals surface area contributed by atoms with Gasteiger partial charge in [-0.2, -0.15) is 5.10 Å². The summed E-state index contributed by atoms with van der Waals surface area (Å²) >= 11 is 0. The van der Waals surface area contributed by atoms with Gasteiger partial charge < -0.3 is 9.47 Å². The van der Waals surface area contributed by atoms with Crippen molar-refractivity contribution in [2.45, 2.75) is 0 Å². The first-order chi connectivity index (χ1) is 12.1. The average molecular weight is 336 g/mol. The number of allylic oxidation sites excluding steroid dienone is 5. The Morgan fingerprint density at radius 1 is 1.16 bits per heavy atom. The van der Waals surface area contributed by atoms with Crippen molar-refractivity contribution < 1.29 is 14.3 Å². The van der Waals surface area contributed by atoms with E-state index in [1.54, 1.807) is 32.4 Å². The number of carbonyl (C=O) groups is 1. The molecule has 0 atom stereocenters. The van der Waals surface area contributed by atoms with Gasteiger partial charge in [-0.15, -0.1) is 0 Å². The Hall–Kier alpha value is -3.34. The first-order valence-corrected chi connectivity index (χ1v) is 7.58. The lowest BCUT2D eigenvalue weighted by Gasteiger charge is -2.08. The standard InChI is InChI=1S/C20H20N2O3/c1-5-7-14(6-2)18(23)10-9-16-13-17(22-21-16)15-8-11-19(24-3)20(12-15)25-4/h5-13H,1-2H2,3-4H3,(H,21,22)/b10-9+,14-7+. The van der Waals surface area contributed by atoms with E-state index in [9.17, 15) is 4.79 Å². The van der Waals surface area contributed by atoms with Crippen LogP contribution in [-0.4, -0.2) is 30.2 Å². The largest absolute Gasteiger partial charge is 0.493 e. The Morgan fingerprint density at radius 3 is 2.56 bits per heavy atom. The normalized spacial score (nSPS) is 11.4. The minimum atomic E-state index is -0.155. The maximum absolute atomic E-state index is 12.0. The minimum absolute atomic E-state index is 0.155. The van der Waals surface area contributed by atoms with Crippen LogP contribution in [0.2, 0.25) is 0 Å². The molecule has 0 amide bonds. The van der Waals surface area contributed by atoms with Crippen LogP contribution in [0.4, 0.5) is 0 Å². The molecule has 2 aromatic rings. The van der Waals surface area contributed by atoms with Crippen LogP contribution < -0.4 is 9.47 Å². The van der Waals surface area contributed by atoms with Gasteiger partial charge in [-0.3, -0.25) is 9.89 Å². The van der Waals surface area contributed by atoms with Crippen LogP contribution >= 0.6 is 0 Å². The summed E-state index contributed by atoms with van der Waals surface area (Å²) in [7, 11) is 3.17. The van der Waals surface area contributed by atoms with Gasteiger partial charge in [0.2, 0.25) is 0 Å². The molecule has 0 fully saturated rings. The fourth-order valence-corrected chi connectivity index (χ4v) is 2.20. The van der Waals surface area contributed by atoms with E-state index in [0.717, 1.165) is 11.3 Å². The Labute approximate surface area is 147 Å². The molecular formula is C20H20N2O3.